The Morgan fingerprint density at radius 2 is 1.91 bits per heavy atom. The van der Waals surface area contributed by atoms with Crippen molar-refractivity contribution in [3.63, 3.8) is 0 Å². The van der Waals surface area contributed by atoms with E-state index in [9.17, 15) is 14.3 Å². The number of nitrogens with one attached hydrogen (secondary N) is 1. The maximum Gasteiger partial charge on any atom is 0.335 e. The third-order valence-corrected chi connectivity index (χ3v) is 6.25. The van der Waals surface area contributed by atoms with Crippen molar-refractivity contribution in [1.82, 2.24) is 10.3 Å². The zero-order valence-corrected chi connectivity index (χ0v) is 19.1. The normalized spacial score (nSPS) is 17.6. The molecule has 170 valence electrons. The van der Waals surface area contributed by atoms with Crippen LogP contribution >= 0.6 is 23.8 Å². The fraction of sp³-hybridized carbons (Fsp3) is 0.0800. The van der Waals surface area contributed by atoms with Crippen LogP contribution in [0.15, 0.2) is 83.4 Å². The molecule has 0 radical (unpaired) electrons. The predicted octanol–water partition coefficient (Wildman–Crippen LogP) is 6.01. The zero-order chi connectivity index (χ0) is 23.8. The predicted molar refractivity (Wildman–Crippen MR) is 130 cm³/mol. The highest BCUT2D eigenvalue weighted by atomic mass is 35.5. The number of para-hydroxylation sites is 1. The summed E-state index contributed by atoms with van der Waals surface area (Å²) in [6.45, 7) is 0. The van der Waals surface area contributed by atoms with E-state index >= 15 is 0 Å². The van der Waals surface area contributed by atoms with Crippen molar-refractivity contribution in [2.24, 2.45) is 0 Å². The van der Waals surface area contributed by atoms with E-state index in [0.717, 1.165) is 0 Å². The fourth-order valence-corrected chi connectivity index (χ4v) is 4.60. The summed E-state index contributed by atoms with van der Waals surface area (Å²) < 4.78 is 21.0. The first-order valence-electron chi connectivity index (χ1n) is 10.3. The average Bonchev–Trinajstić information content (AvgIpc) is 3.45. The molecule has 0 aliphatic carbocycles. The van der Waals surface area contributed by atoms with Gasteiger partial charge in [0.05, 0.1) is 28.0 Å². The molecule has 0 saturated carbocycles. The van der Waals surface area contributed by atoms with Crippen LogP contribution in [0.3, 0.4) is 0 Å². The smallest absolute Gasteiger partial charge is 0.335 e. The van der Waals surface area contributed by atoms with Crippen molar-refractivity contribution >= 4 is 40.6 Å². The second-order valence-corrected chi connectivity index (χ2v) is 8.44. The molecule has 2 aromatic carbocycles. The molecule has 1 aliphatic heterocycles. The van der Waals surface area contributed by atoms with Gasteiger partial charge in [0, 0.05) is 11.8 Å². The van der Waals surface area contributed by atoms with Crippen molar-refractivity contribution in [2.75, 3.05) is 4.90 Å². The number of anilines is 1. The van der Waals surface area contributed by atoms with Gasteiger partial charge in [-0.05, 0) is 66.8 Å². The van der Waals surface area contributed by atoms with Gasteiger partial charge in [-0.3, -0.25) is 4.98 Å². The third kappa shape index (κ3) is 3.91. The zero-order valence-electron chi connectivity index (χ0n) is 17.5. The molecule has 1 aliphatic rings. The minimum Gasteiger partial charge on any atom is -0.478 e. The summed E-state index contributed by atoms with van der Waals surface area (Å²) in [5, 5.41) is 13.3. The molecule has 3 heterocycles. The first kappa shape index (κ1) is 22.1. The van der Waals surface area contributed by atoms with E-state index in [4.69, 9.17) is 28.2 Å². The Morgan fingerprint density at radius 3 is 2.65 bits per heavy atom. The number of aromatic carboxylic acids is 1. The van der Waals surface area contributed by atoms with Gasteiger partial charge in [0.25, 0.3) is 0 Å². The van der Waals surface area contributed by atoms with Crippen LogP contribution in [-0.4, -0.2) is 21.2 Å². The molecule has 0 bridgehead atoms. The lowest BCUT2D eigenvalue weighted by molar-refractivity contribution is 0.0697. The summed E-state index contributed by atoms with van der Waals surface area (Å²) >= 11 is 11.9. The standard InChI is InChI=1S/C25H17ClFN3O3S/c26-16-9-8-14(24(31)32)13-15(16)20-10-11-21(33-20)23-22(18-6-3-4-12-28-18)29-25(34)30(23)19-7-2-1-5-17(19)27/h1-13,22-23H,(H,29,34)(H,31,32)/t22-,23-/m1/s1. The number of carboxylic acids is 1. The molecule has 1 saturated heterocycles. The highest BCUT2D eigenvalue weighted by Gasteiger charge is 2.43. The number of carboxylic acid groups (broad SMARTS) is 1. The van der Waals surface area contributed by atoms with E-state index in [1.54, 1.807) is 41.4 Å². The number of rotatable bonds is 5. The van der Waals surface area contributed by atoms with Crippen LogP contribution in [0.1, 0.15) is 33.9 Å². The van der Waals surface area contributed by atoms with Gasteiger partial charge in [-0.15, -0.1) is 0 Å². The van der Waals surface area contributed by atoms with Gasteiger partial charge < -0.3 is 19.7 Å². The van der Waals surface area contributed by atoms with E-state index in [0.29, 0.717) is 38.6 Å². The Labute approximate surface area is 204 Å². The second-order valence-electron chi connectivity index (χ2n) is 7.65. The largest absolute Gasteiger partial charge is 0.478 e. The van der Waals surface area contributed by atoms with Crippen molar-refractivity contribution in [2.45, 2.75) is 12.1 Å². The summed E-state index contributed by atoms with van der Waals surface area (Å²) in [5.74, 6) is -0.634. The number of thiocarbonyl (C=S) groups is 1. The van der Waals surface area contributed by atoms with E-state index in [1.165, 1.54) is 24.3 Å². The van der Waals surface area contributed by atoms with Crippen molar-refractivity contribution in [1.29, 1.82) is 0 Å². The number of hydrogen-bond donors (Lipinski definition) is 2. The Balaban J connectivity index is 1.62. The van der Waals surface area contributed by atoms with E-state index in [2.05, 4.69) is 10.3 Å². The maximum atomic E-state index is 14.8. The SMILES string of the molecule is O=C(O)c1ccc(Cl)c(-c2ccc([C@@H]3[C@@H](c4ccccn4)NC(=S)N3c3ccccc3F)o2)c1. The van der Waals surface area contributed by atoms with Crippen LogP contribution in [-0.2, 0) is 0 Å². The van der Waals surface area contributed by atoms with Crippen LogP contribution in [0.2, 0.25) is 5.02 Å². The van der Waals surface area contributed by atoms with Gasteiger partial charge >= 0.3 is 5.97 Å². The van der Waals surface area contributed by atoms with E-state index in [-0.39, 0.29) is 5.56 Å². The minimum absolute atomic E-state index is 0.0837. The number of nitrogens with zero attached hydrogens (tertiary/aromatic N) is 2. The quantitative estimate of drug-likeness (QED) is 0.330. The summed E-state index contributed by atoms with van der Waals surface area (Å²) in [6.07, 6.45) is 1.67. The van der Waals surface area contributed by atoms with Crippen molar-refractivity contribution in [3.05, 3.63) is 107 Å². The Morgan fingerprint density at radius 1 is 1.12 bits per heavy atom. The number of halogens is 2. The van der Waals surface area contributed by atoms with Crippen molar-refractivity contribution in [3.8, 4) is 11.3 Å². The first-order valence-corrected chi connectivity index (χ1v) is 11.1. The van der Waals surface area contributed by atoms with Gasteiger partial charge in [0.1, 0.15) is 23.4 Å². The number of aromatic nitrogens is 1. The highest BCUT2D eigenvalue weighted by molar-refractivity contribution is 7.80. The molecule has 2 aromatic heterocycles. The van der Waals surface area contributed by atoms with Gasteiger partial charge in [-0.1, -0.05) is 29.8 Å². The number of furan rings is 1. The molecule has 4 aromatic rings. The molecule has 2 N–H and O–H groups in total. The molecular formula is C25H17ClFN3O3S. The number of carbonyl (C=O) groups is 1. The van der Waals surface area contributed by atoms with Gasteiger partial charge in [0.2, 0.25) is 0 Å². The van der Waals surface area contributed by atoms with Crippen LogP contribution in [0.25, 0.3) is 11.3 Å². The molecule has 5 rings (SSSR count). The molecule has 6 nitrogen and oxygen atoms in total. The first-order chi connectivity index (χ1) is 16.4. The number of hydrogen-bond acceptors (Lipinski definition) is 4. The van der Waals surface area contributed by atoms with Crippen LogP contribution < -0.4 is 10.2 Å². The lowest BCUT2D eigenvalue weighted by Crippen LogP contribution is -2.30. The summed E-state index contributed by atoms with van der Waals surface area (Å²) in [4.78, 5) is 17.6. The van der Waals surface area contributed by atoms with Gasteiger partial charge in [0.15, 0.2) is 5.11 Å². The maximum absolute atomic E-state index is 14.8. The molecule has 2 atom stereocenters. The Kier molecular flexibility index (Phi) is 5.77. The van der Waals surface area contributed by atoms with E-state index < -0.39 is 23.9 Å². The van der Waals surface area contributed by atoms with Crippen LogP contribution in [0.4, 0.5) is 10.1 Å². The van der Waals surface area contributed by atoms with E-state index in [1.807, 2.05) is 18.2 Å². The summed E-state index contributed by atoms with van der Waals surface area (Å²) in [5.41, 5.74) is 1.53. The minimum atomic E-state index is -1.07. The monoisotopic (exact) mass is 493 g/mol. The fourth-order valence-electron chi connectivity index (χ4n) is 4.05. The summed E-state index contributed by atoms with van der Waals surface area (Å²) in [6, 6.07) is 18.8. The Hall–Kier alpha value is -3.75. The van der Waals surface area contributed by atoms with Gasteiger partial charge in [-0.2, -0.15) is 0 Å². The topological polar surface area (TPSA) is 78.6 Å². The molecule has 0 unspecified atom stereocenters. The Bertz CT molecular complexity index is 1400. The lowest BCUT2D eigenvalue weighted by atomic mass is 10.0. The average molecular weight is 494 g/mol. The summed E-state index contributed by atoms with van der Waals surface area (Å²) in [7, 11) is 0. The van der Waals surface area contributed by atoms with Crippen molar-refractivity contribution < 1.29 is 18.7 Å². The molecule has 9 heteroatoms. The van der Waals surface area contributed by atoms with Gasteiger partial charge in [-0.25, -0.2) is 9.18 Å². The molecule has 1 fully saturated rings. The molecule has 0 amide bonds. The lowest BCUT2D eigenvalue weighted by Gasteiger charge is -2.26. The third-order valence-electron chi connectivity index (χ3n) is 5.61. The number of benzene rings is 2. The van der Waals surface area contributed by atoms with Crippen LogP contribution in [0, 0.1) is 5.82 Å². The number of pyridine rings is 1. The molecule has 34 heavy (non-hydrogen) atoms. The highest BCUT2D eigenvalue weighted by Crippen LogP contribution is 2.44. The molecule has 0 spiro atoms. The second kappa shape index (κ2) is 8.89. The van der Waals surface area contributed by atoms with Crippen LogP contribution in [0.5, 0.6) is 0 Å². The molecular weight excluding hydrogens is 477 g/mol.